The Kier molecular flexibility index (Phi) is 3.98. The minimum absolute atomic E-state index is 0.00752. The smallest absolute Gasteiger partial charge is 0.324 e. The summed E-state index contributed by atoms with van der Waals surface area (Å²) in [6.45, 7) is 0. The molecular weight excluding hydrogens is 301 g/mol. The van der Waals surface area contributed by atoms with Gasteiger partial charge in [0.1, 0.15) is 0 Å². The molecule has 1 amide bonds. The predicted octanol–water partition coefficient (Wildman–Crippen LogP) is 2.99. The molecule has 0 unspecified atom stereocenters. The fourth-order valence-corrected chi connectivity index (χ4v) is 3.17. The molecule has 2 rings (SSSR count). The maximum Gasteiger partial charge on any atom is 0.416 e. The van der Waals surface area contributed by atoms with Crippen molar-refractivity contribution in [2.75, 3.05) is 18.1 Å². The van der Waals surface area contributed by atoms with E-state index in [0.717, 1.165) is 12.1 Å². The number of anilines is 1. The molecule has 0 fully saturated rings. The number of hydrogen-bond donors (Lipinski definition) is 2. The fraction of sp³-hybridized carbons (Fsp3) is 0.364. The zero-order valence-electron chi connectivity index (χ0n) is 9.77. The lowest BCUT2D eigenvalue weighted by Gasteiger charge is -2.13. The van der Waals surface area contributed by atoms with Crippen molar-refractivity contribution in [3.63, 3.8) is 0 Å². The van der Waals surface area contributed by atoms with Gasteiger partial charge in [-0.25, -0.2) is 0 Å². The Hall–Kier alpha value is -0.920. The number of rotatable bonds is 1. The number of amides is 1. The van der Waals surface area contributed by atoms with Gasteiger partial charge in [0.05, 0.1) is 22.3 Å². The molecule has 8 heteroatoms. The Morgan fingerprint density at radius 2 is 2.16 bits per heavy atom. The summed E-state index contributed by atoms with van der Waals surface area (Å²) in [5.41, 5.74) is -0.771. The van der Waals surface area contributed by atoms with Crippen molar-refractivity contribution in [1.82, 2.24) is 5.32 Å². The highest BCUT2D eigenvalue weighted by Crippen LogP contribution is 2.41. The molecule has 0 aromatic heterocycles. The van der Waals surface area contributed by atoms with Gasteiger partial charge in [0.25, 0.3) is 0 Å². The van der Waals surface area contributed by atoms with Gasteiger partial charge in [0, 0.05) is 10.6 Å². The number of halogens is 4. The second-order valence-electron chi connectivity index (χ2n) is 3.97. The number of nitrogens with one attached hydrogen (secondary N) is 2. The third-order valence-corrected chi connectivity index (χ3v) is 4.33. The van der Waals surface area contributed by atoms with Crippen LogP contribution in [0.25, 0.3) is 0 Å². The Labute approximate surface area is 116 Å². The molecule has 1 aromatic rings. The maximum atomic E-state index is 12.7. The van der Waals surface area contributed by atoms with Gasteiger partial charge in [0.2, 0.25) is 5.91 Å². The molecule has 0 saturated heterocycles. The lowest BCUT2D eigenvalue weighted by Crippen LogP contribution is -2.39. The summed E-state index contributed by atoms with van der Waals surface area (Å²) in [6.07, 6.45) is -4.50. The largest absolute Gasteiger partial charge is 0.416 e. The first-order valence-electron chi connectivity index (χ1n) is 5.34. The predicted molar refractivity (Wildman–Crippen MR) is 68.7 cm³/mol. The van der Waals surface area contributed by atoms with Crippen LogP contribution in [0.15, 0.2) is 17.0 Å². The number of likely N-dealkylation sites (N-methyl/N-ethyl adjacent to an activating group) is 1. The molecule has 0 saturated carbocycles. The second-order valence-corrected chi connectivity index (χ2v) is 5.41. The molecule has 3 nitrogen and oxygen atoms in total. The zero-order chi connectivity index (χ0) is 14.2. The van der Waals surface area contributed by atoms with Crippen molar-refractivity contribution < 1.29 is 18.0 Å². The average Bonchev–Trinajstić information content (AvgIpc) is 2.46. The van der Waals surface area contributed by atoms with Gasteiger partial charge in [-0.15, -0.1) is 11.8 Å². The summed E-state index contributed by atoms with van der Waals surface area (Å²) in [7, 11) is 1.61. The highest BCUT2D eigenvalue weighted by Gasteiger charge is 2.33. The zero-order valence-corrected chi connectivity index (χ0v) is 11.3. The van der Waals surface area contributed by atoms with Gasteiger partial charge in [0.15, 0.2) is 0 Å². The number of carbonyl (C=O) groups excluding carboxylic acids is 1. The minimum Gasteiger partial charge on any atom is -0.324 e. The Bertz CT molecular complexity index is 521. The number of alkyl halides is 3. The molecule has 0 bridgehead atoms. The fourth-order valence-electron chi connectivity index (χ4n) is 1.67. The molecule has 1 atom stereocenters. The molecule has 104 valence electrons. The van der Waals surface area contributed by atoms with E-state index in [1.54, 1.807) is 7.05 Å². The maximum absolute atomic E-state index is 12.7. The van der Waals surface area contributed by atoms with Gasteiger partial charge in [-0.2, -0.15) is 13.2 Å². The number of fused-ring (bicyclic) bond motifs is 1. The second kappa shape index (κ2) is 5.22. The molecule has 1 aromatic carbocycles. The van der Waals surface area contributed by atoms with E-state index in [1.807, 2.05) is 0 Å². The van der Waals surface area contributed by atoms with Crippen LogP contribution >= 0.6 is 23.4 Å². The van der Waals surface area contributed by atoms with Crippen LogP contribution in [0.1, 0.15) is 5.56 Å². The van der Waals surface area contributed by atoms with Crippen molar-refractivity contribution in [2.24, 2.45) is 0 Å². The summed E-state index contributed by atoms with van der Waals surface area (Å²) < 4.78 is 38.1. The van der Waals surface area contributed by atoms with Crippen LogP contribution in [0.3, 0.4) is 0 Å². The monoisotopic (exact) mass is 310 g/mol. The first kappa shape index (κ1) is 14.5. The van der Waals surface area contributed by atoms with Crippen LogP contribution in [0, 0.1) is 0 Å². The lowest BCUT2D eigenvalue weighted by molar-refractivity contribution is -0.137. The van der Waals surface area contributed by atoms with Gasteiger partial charge in [-0.05, 0) is 19.2 Å². The molecule has 1 heterocycles. The van der Waals surface area contributed by atoms with E-state index in [9.17, 15) is 18.0 Å². The molecule has 0 aliphatic carbocycles. The van der Waals surface area contributed by atoms with E-state index < -0.39 is 17.8 Å². The van der Waals surface area contributed by atoms with E-state index >= 15 is 0 Å². The van der Waals surface area contributed by atoms with Crippen LogP contribution in [0.4, 0.5) is 18.9 Å². The Balaban J connectivity index is 2.45. The highest BCUT2D eigenvalue weighted by molar-refractivity contribution is 7.99. The van der Waals surface area contributed by atoms with Crippen LogP contribution < -0.4 is 10.6 Å². The number of thioether (sulfide) groups is 1. The van der Waals surface area contributed by atoms with Crippen LogP contribution in [0.5, 0.6) is 0 Å². The molecule has 0 radical (unpaired) electrons. The van der Waals surface area contributed by atoms with E-state index in [0.29, 0.717) is 10.6 Å². The summed E-state index contributed by atoms with van der Waals surface area (Å²) in [5.74, 6) is 0.0320. The molecular formula is C11H10ClF3N2OS. The van der Waals surface area contributed by atoms with Crippen LogP contribution in [-0.2, 0) is 11.0 Å². The summed E-state index contributed by atoms with van der Waals surface area (Å²) >= 11 is 7.12. The Morgan fingerprint density at radius 3 is 2.74 bits per heavy atom. The topological polar surface area (TPSA) is 41.1 Å². The number of hydrogen-bond acceptors (Lipinski definition) is 3. The Morgan fingerprint density at radius 1 is 1.47 bits per heavy atom. The average molecular weight is 311 g/mol. The van der Waals surface area contributed by atoms with Crippen LogP contribution in [0.2, 0.25) is 5.02 Å². The molecule has 2 N–H and O–H groups in total. The van der Waals surface area contributed by atoms with Crippen molar-refractivity contribution in [1.29, 1.82) is 0 Å². The van der Waals surface area contributed by atoms with Gasteiger partial charge in [-0.3, -0.25) is 4.79 Å². The van der Waals surface area contributed by atoms with Gasteiger partial charge in [-0.1, -0.05) is 11.6 Å². The van der Waals surface area contributed by atoms with E-state index in [2.05, 4.69) is 10.6 Å². The molecule has 19 heavy (non-hydrogen) atoms. The van der Waals surface area contributed by atoms with E-state index in [-0.39, 0.29) is 16.6 Å². The minimum atomic E-state index is -4.50. The number of benzene rings is 1. The van der Waals surface area contributed by atoms with Crippen molar-refractivity contribution in [2.45, 2.75) is 17.1 Å². The van der Waals surface area contributed by atoms with E-state index in [1.165, 1.54) is 11.8 Å². The first-order valence-corrected chi connectivity index (χ1v) is 6.71. The molecule has 1 aliphatic heterocycles. The van der Waals surface area contributed by atoms with Crippen molar-refractivity contribution in [3.8, 4) is 0 Å². The quantitative estimate of drug-likeness (QED) is 0.838. The van der Waals surface area contributed by atoms with E-state index in [4.69, 9.17) is 11.6 Å². The normalized spacial score (nSPS) is 19.6. The molecule has 1 aliphatic rings. The van der Waals surface area contributed by atoms with Crippen molar-refractivity contribution in [3.05, 3.63) is 22.7 Å². The standard InChI is InChI=1S/C11H10ClF3N2OS/c1-16-8-4-19-9-6(12)2-5(11(13,14)15)3-7(9)17-10(8)18/h2-3,8,16H,4H2,1H3,(H,17,18)/t8-/m0/s1. The molecule has 0 spiro atoms. The third kappa shape index (κ3) is 2.98. The van der Waals surface area contributed by atoms with Gasteiger partial charge >= 0.3 is 6.18 Å². The van der Waals surface area contributed by atoms with Crippen LogP contribution in [-0.4, -0.2) is 24.7 Å². The SMILES string of the molecule is CN[C@H]1CSc2c(Cl)cc(C(F)(F)F)cc2NC1=O. The van der Waals surface area contributed by atoms with Crippen molar-refractivity contribution >= 4 is 35.0 Å². The first-order chi connectivity index (χ1) is 8.82. The summed E-state index contributed by atoms with van der Waals surface area (Å²) in [5, 5.41) is 5.26. The third-order valence-electron chi connectivity index (χ3n) is 2.69. The highest BCUT2D eigenvalue weighted by atomic mass is 35.5. The lowest BCUT2D eigenvalue weighted by atomic mass is 10.2. The summed E-state index contributed by atoms with van der Waals surface area (Å²) in [6, 6.07) is 1.31. The number of carbonyl (C=O) groups is 1. The van der Waals surface area contributed by atoms with Gasteiger partial charge < -0.3 is 10.6 Å². The summed E-state index contributed by atoms with van der Waals surface area (Å²) in [4.78, 5) is 12.2.